The molecule has 158 valence electrons. The fraction of sp³-hybridized carbons (Fsp3) is 0.652. The van der Waals surface area contributed by atoms with E-state index in [2.05, 4.69) is 24.2 Å². The van der Waals surface area contributed by atoms with Crippen LogP contribution in [-0.4, -0.2) is 60.1 Å². The van der Waals surface area contributed by atoms with Gasteiger partial charge in [0.2, 0.25) is 5.91 Å². The number of hydrogen-bond donors (Lipinski definition) is 1. The van der Waals surface area contributed by atoms with Crippen LogP contribution in [0.1, 0.15) is 50.2 Å². The molecule has 0 aliphatic carbocycles. The Morgan fingerprint density at radius 3 is 2.79 bits per heavy atom. The average Bonchev–Trinajstić information content (AvgIpc) is 3.18. The van der Waals surface area contributed by atoms with Crippen molar-refractivity contribution >= 4 is 11.6 Å². The first-order chi connectivity index (χ1) is 14.0. The molecule has 1 aromatic rings. The fourth-order valence-corrected chi connectivity index (χ4v) is 4.95. The second-order valence-electron chi connectivity index (χ2n) is 8.97. The number of piperidine rings is 1. The van der Waals surface area contributed by atoms with E-state index >= 15 is 0 Å². The maximum atomic E-state index is 13.6. The summed E-state index contributed by atoms with van der Waals surface area (Å²) in [5.74, 6) is 0.316. The molecule has 1 N–H and O–H groups in total. The van der Waals surface area contributed by atoms with Crippen molar-refractivity contribution in [1.82, 2.24) is 4.90 Å². The van der Waals surface area contributed by atoms with Crippen LogP contribution in [0.4, 0.5) is 0 Å². The second kappa shape index (κ2) is 8.44. The van der Waals surface area contributed by atoms with Crippen LogP contribution in [0.3, 0.4) is 0 Å². The summed E-state index contributed by atoms with van der Waals surface area (Å²) in [6.45, 7) is 6.57. The van der Waals surface area contributed by atoms with Crippen LogP contribution in [0.2, 0.25) is 0 Å². The van der Waals surface area contributed by atoms with Crippen molar-refractivity contribution in [2.75, 3.05) is 26.3 Å². The van der Waals surface area contributed by atoms with E-state index in [0.717, 1.165) is 30.5 Å². The Hall–Kier alpha value is -1.92. The number of amides is 1. The third-order valence-electron chi connectivity index (χ3n) is 6.86. The Morgan fingerprint density at radius 1 is 1.31 bits per heavy atom. The Labute approximate surface area is 172 Å². The third-order valence-corrected chi connectivity index (χ3v) is 6.86. The van der Waals surface area contributed by atoms with Crippen molar-refractivity contribution < 1.29 is 19.5 Å². The first-order valence-corrected chi connectivity index (χ1v) is 10.8. The molecular weight excluding hydrogens is 368 g/mol. The topological polar surface area (TPSA) is 71.4 Å². The van der Waals surface area contributed by atoms with E-state index in [1.807, 2.05) is 24.0 Å². The van der Waals surface area contributed by atoms with E-state index in [1.165, 1.54) is 5.56 Å². The first-order valence-electron chi connectivity index (χ1n) is 10.8. The molecule has 2 fully saturated rings. The number of aryl methyl sites for hydroxylation is 1. The zero-order chi connectivity index (χ0) is 20.4. The summed E-state index contributed by atoms with van der Waals surface area (Å²) in [6, 6.07) is 8.21. The highest BCUT2D eigenvalue weighted by Crippen LogP contribution is 2.41. The van der Waals surface area contributed by atoms with Crippen LogP contribution in [0.5, 0.6) is 0 Å². The summed E-state index contributed by atoms with van der Waals surface area (Å²) in [4.78, 5) is 21.4. The Balaban J connectivity index is 1.47. The van der Waals surface area contributed by atoms with Crippen LogP contribution in [-0.2, 0) is 14.4 Å². The summed E-state index contributed by atoms with van der Waals surface area (Å²) >= 11 is 0. The molecule has 3 atom stereocenters. The second-order valence-corrected chi connectivity index (χ2v) is 8.97. The molecule has 3 aliphatic rings. The number of aliphatic hydroxyl groups excluding tert-OH is 1. The molecule has 0 saturated carbocycles. The molecule has 2 saturated heterocycles. The van der Waals surface area contributed by atoms with Crippen molar-refractivity contribution in [2.24, 2.45) is 16.5 Å². The minimum Gasteiger partial charge on any atom is -0.393 e. The molecule has 0 radical (unpaired) electrons. The average molecular weight is 401 g/mol. The Kier molecular flexibility index (Phi) is 5.93. The number of rotatable bonds is 4. The van der Waals surface area contributed by atoms with Gasteiger partial charge in [-0.25, -0.2) is 0 Å². The minimum absolute atomic E-state index is 0.0838. The highest BCUT2D eigenvalue weighted by atomic mass is 16.6. The smallest absolute Gasteiger partial charge is 0.229 e. The monoisotopic (exact) mass is 400 g/mol. The molecule has 4 rings (SSSR count). The van der Waals surface area contributed by atoms with Gasteiger partial charge in [0, 0.05) is 44.7 Å². The highest BCUT2D eigenvalue weighted by Gasteiger charge is 2.46. The fourth-order valence-electron chi connectivity index (χ4n) is 4.95. The zero-order valence-electron chi connectivity index (χ0n) is 17.5. The lowest BCUT2D eigenvalue weighted by Gasteiger charge is -2.43. The number of oxime groups is 1. The van der Waals surface area contributed by atoms with Gasteiger partial charge in [0.15, 0.2) is 0 Å². The molecule has 3 heterocycles. The lowest BCUT2D eigenvalue weighted by Crippen LogP contribution is -2.53. The van der Waals surface area contributed by atoms with Crippen molar-refractivity contribution in [2.45, 2.75) is 58.2 Å². The molecule has 0 spiro atoms. The van der Waals surface area contributed by atoms with Gasteiger partial charge >= 0.3 is 0 Å². The van der Waals surface area contributed by atoms with Gasteiger partial charge < -0.3 is 19.6 Å². The summed E-state index contributed by atoms with van der Waals surface area (Å²) in [7, 11) is 0. The van der Waals surface area contributed by atoms with Crippen molar-refractivity contribution in [3.63, 3.8) is 0 Å². The van der Waals surface area contributed by atoms with Crippen LogP contribution in [0.25, 0.3) is 0 Å². The molecule has 29 heavy (non-hydrogen) atoms. The van der Waals surface area contributed by atoms with Gasteiger partial charge in [-0.1, -0.05) is 36.3 Å². The van der Waals surface area contributed by atoms with Crippen LogP contribution >= 0.6 is 0 Å². The molecular formula is C23H32N2O4. The number of carbonyl (C=O) groups is 1. The summed E-state index contributed by atoms with van der Waals surface area (Å²) in [5, 5.41) is 14.4. The van der Waals surface area contributed by atoms with Crippen molar-refractivity contribution in [3.8, 4) is 0 Å². The standard InChI is InChI=1S/C23H32N2O4/c1-16-5-3-4-6-19(16)20-13-18(29-24-20)14-23(8-11-28-12-9-23)22(27)25-10-7-21(26)17(2)15-25/h3-6,17-18,21,26H,7-15H2,1-2H3/t17-,18-,21-/m0/s1. The molecule has 1 aromatic carbocycles. The van der Waals surface area contributed by atoms with Gasteiger partial charge in [0.05, 0.1) is 17.2 Å². The van der Waals surface area contributed by atoms with E-state index in [0.29, 0.717) is 39.1 Å². The SMILES string of the molecule is Cc1ccccc1C1=NO[C@H](CC2(C(=O)N3CC[C@H](O)[C@@H](C)C3)CCOCC2)C1. The van der Waals surface area contributed by atoms with E-state index in [-0.39, 0.29) is 24.0 Å². The van der Waals surface area contributed by atoms with Crippen molar-refractivity contribution in [3.05, 3.63) is 35.4 Å². The molecule has 1 amide bonds. The first kappa shape index (κ1) is 20.4. The van der Waals surface area contributed by atoms with Gasteiger partial charge in [-0.05, 0) is 37.7 Å². The van der Waals surface area contributed by atoms with Crippen LogP contribution in [0.15, 0.2) is 29.4 Å². The maximum absolute atomic E-state index is 13.6. The zero-order valence-corrected chi connectivity index (χ0v) is 17.5. The number of hydrogen-bond acceptors (Lipinski definition) is 5. The largest absolute Gasteiger partial charge is 0.393 e. The lowest BCUT2D eigenvalue weighted by atomic mass is 9.73. The number of benzene rings is 1. The molecule has 0 bridgehead atoms. The molecule has 0 unspecified atom stereocenters. The van der Waals surface area contributed by atoms with Crippen LogP contribution < -0.4 is 0 Å². The third kappa shape index (κ3) is 4.19. The number of aliphatic hydroxyl groups is 1. The quantitative estimate of drug-likeness (QED) is 0.844. The van der Waals surface area contributed by atoms with Crippen molar-refractivity contribution in [1.29, 1.82) is 0 Å². The number of ether oxygens (including phenoxy) is 1. The summed E-state index contributed by atoms with van der Waals surface area (Å²) in [5.41, 5.74) is 2.83. The number of nitrogens with zero attached hydrogens (tertiary/aromatic N) is 2. The number of carbonyl (C=O) groups excluding carboxylic acids is 1. The lowest BCUT2D eigenvalue weighted by molar-refractivity contribution is -0.155. The van der Waals surface area contributed by atoms with Gasteiger partial charge in [-0.2, -0.15) is 0 Å². The Morgan fingerprint density at radius 2 is 2.07 bits per heavy atom. The molecule has 6 heteroatoms. The van der Waals surface area contributed by atoms with Gasteiger partial charge in [0.25, 0.3) is 0 Å². The van der Waals surface area contributed by atoms with E-state index in [9.17, 15) is 9.90 Å². The number of likely N-dealkylation sites (tertiary alicyclic amines) is 1. The predicted octanol–water partition coefficient (Wildman–Crippen LogP) is 2.90. The van der Waals surface area contributed by atoms with E-state index < -0.39 is 5.41 Å². The maximum Gasteiger partial charge on any atom is 0.229 e. The van der Waals surface area contributed by atoms with Gasteiger partial charge in [0.1, 0.15) is 6.10 Å². The molecule has 0 aromatic heterocycles. The van der Waals surface area contributed by atoms with Crippen LogP contribution in [0, 0.1) is 18.3 Å². The normalized spacial score (nSPS) is 29.3. The van der Waals surface area contributed by atoms with Gasteiger partial charge in [-0.15, -0.1) is 0 Å². The molecule has 6 nitrogen and oxygen atoms in total. The molecule has 3 aliphatic heterocycles. The van der Waals surface area contributed by atoms with E-state index in [1.54, 1.807) is 0 Å². The predicted molar refractivity (Wildman–Crippen MR) is 111 cm³/mol. The van der Waals surface area contributed by atoms with E-state index in [4.69, 9.17) is 9.57 Å². The highest BCUT2D eigenvalue weighted by molar-refractivity contribution is 6.02. The minimum atomic E-state index is -0.457. The summed E-state index contributed by atoms with van der Waals surface area (Å²) < 4.78 is 5.59. The van der Waals surface area contributed by atoms with Gasteiger partial charge in [-0.3, -0.25) is 4.79 Å². The summed E-state index contributed by atoms with van der Waals surface area (Å²) in [6.07, 6.45) is 3.10. The Bertz CT molecular complexity index is 772.